The molecule has 1 aromatic carbocycles. The van der Waals surface area contributed by atoms with E-state index >= 15 is 0 Å². The van der Waals surface area contributed by atoms with Crippen LogP contribution >= 0.6 is 7.60 Å². The van der Waals surface area contributed by atoms with E-state index in [1.165, 1.54) is 11.1 Å². The van der Waals surface area contributed by atoms with Gasteiger partial charge in [-0.3, -0.25) is 4.57 Å². The molecule has 19 heavy (non-hydrogen) atoms. The summed E-state index contributed by atoms with van der Waals surface area (Å²) in [7, 11) is -3.00. The summed E-state index contributed by atoms with van der Waals surface area (Å²) in [5, 5.41) is 0. The maximum atomic E-state index is 12.4. The van der Waals surface area contributed by atoms with Gasteiger partial charge in [0, 0.05) is 0 Å². The molecule has 1 aromatic rings. The van der Waals surface area contributed by atoms with Crippen molar-refractivity contribution in [1.29, 1.82) is 0 Å². The molecule has 0 fully saturated rings. The molecule has 0 unspecified atom stereocenters. The van der Waals surface area contributed by atoms with Crippen LogP contribution in [0.2, 0.25) is 0 Å². The fourth-order valence-corrected chi connectivity index (χ4v) is 3.49. The number of benzene rings is 1. The van der Waals surface area contributed by atoms with Gasteiger partial charge in [-0.25, -0.2) is 0 Å². The van der Waals surface area contributed by atoms with E-state index in [1.807, 2.05) is 45.0 Å². The number of hydrogen-bond acceptors (Lipinski definition) is 3. The lowest BCUT2D eigenvalue weighted by atomic mass is 10.1. The maximum absolute atomic E-state index is 12.4. The largest absolute Gasteiger partial charge is 0.335 e. The van der Waals surface area contributed by atoms with Crippen LogP contribution in [0.1, 0.15) is 38.8 Å². The lowest BCUT2D eigenvalue weighted by molar-refractivity contribution is 0.219. The van der Waals surface area contributed by atoms with Crippen LogP contribution < -0.4 is 0 Å². The summed E-state index contributed by atoms with van der Waals surface area (Å²) in [6.45, 7) is 8.52. The van der Waals surface area contributed by atoms with Gasteiger partial charge in [-0.15, -0.1) is 0 Å². The summed E-state index contributed by atoms with van der Waals surface area (Å²) in [5.41, 5.74) is 3.37. The summed E-state index contributed by atoms with van der Waals surface area (Å²) in [4.78, 5) is 0. The highest BCUT2D eigenvalue weighted by atomic mass is 31.2. The third kappa shape index (κ3) is 4.94. The second-order valence-corrected chi connectivity index (χ2v) is 6.33. The Morgan fingerprint density at radius 3 is 2.11 bits per heavy atom. The zero-order valence-corrected chi connectivity index (χ0v) is 13.1. The monoisotopic (exact) mass is 282 g/mol. The lowest BCUT2D eigenvalue weighted by Gasteiger charge is -2.17. The molecular formula is C15H23O3P. The SMILES string of the molecule is CC=C(C)c1ccc(CP(=O)(OCC)OCC)cc1. The topological polar surface area (TPSA) is 35.5 Å². The average Bonchev–Trinajstić information content (AvgIpc) is 2.39. The normalized spacial score (nSPS) is 12.7. The summed E-state index contributed by atoms with van der Waals surface area (Å²) in [6.07, 6.45) is 2.39. The average molecular weight is 282 g/mol. The van der Waals surface area contributed by atoms with E-state index < -0.39 is 7.60 Å². The Morgan fingerprint density at radius 2 is 1.68 bits per heavy atom. The molecule has 0 aliphatic heterocycles. The number of hydrogen-bond donors (Lipinski definition) is 0. The van der Waals surface area contributed by atoms with Crippen molar-refractivity contribution in [1.82, 2.24) is 0 Å². The lowest BCUT2D eigenvalue weighted by Crippen LogP contribution is -1.99. The molecule has 4 heteroatoms. The van der Waals surface area contributed by atoms with Gasteiger partial charge in [0.15, 0.2) is 0 Å². The molecule has 0 atom stereocenters. The zero-order chi connectivity index (χ0) is 14.3. The van der Waals surface area contributed by atoms with Crippen LogP contribution in [0.4, 0.5) is 0 Å². The Balaban J connectivity index is 2.83. The maximum Gasteiger partial charge on any atom is 0.335 e. The molecule has 0 heterocycles. The van der Waals surface area contributed by atoms with Crippen LogP contribution in [-0.4, -0.2) is 13.2 Å². The molecular weight excluding hydrogens is 259 g/mol. The number of allylic oxidation sites excluding steroid dienone is 2. The number of rotatable bonds is 7. The van der Waals surface area contributed by atoms with Crippen molar-refractivity contribution >= 4 is 13.2 Å². The zero-order valence-electron chi connectivity index (χ0n) is 12.2. The van der Waals surface area contributed by atoms with Crippen LogP contribution in [0, 0.1) is 0 Å². The molecule has 0 aliphatic carbocycles. The van der Waals surface area contributed by atoms with Gasteiger partial charge in [-0.1, -0.05) is 30.3 Å². The van der Waals surface area contributed by atoms with Crippen molar-refractivity contribution in [3.8, 4) is 0 Å². The molecule has 0 aromatic heterocycles. The summed E-state index contributed by atoms with van der Waals surface area (Å²) >= 11 is 0. The molecule has 0 aliphatic rings. The summed E-state index contributed by atoms with van der Waals surface area (Å²) in [6, 6.07) is 8.03. The Bertz CT molecular complexity index is 453. The summed E-state index contributed by atoms with van der Waals surface area (Å²) < 4.78 is 23.0. The van der Waals surface area contributed by atoms with Gasteiger partial charge < -0.3 is 9.05 Å². The van der Waals surface area contributed by atoms with Gasteiger partial charge in [-0.2, -0.15) is 0 Å². The van der Waals surface area contributed by atoms with Gasteiger partial charge in [-0.05, 0) is 44.4 Å². The van der Waals surface area contributed by atoms with Crippen LogP contribution in [0.5, 0.6) is 0 Å². The minimum Gasteiger partial charge on any atom is -0.309 e. The Hall–Kier alpha value is -0.890. The second-order valence-electron chi connectivity index (χ2n) is 4.27. The van der Waals surface area contributed by atoms with Crippen LogP contribution in [0.15, 0.2) is 30.3 Å². The second kappa shape index (κ2) is 7.64. The van der Waals surface area contributed by atoms with Crippen molar-refractivity contribution in [3.05, 3.63) is 41.5 Å². The highest BCUT2D eigenvalue weighted by molar-refractivity contribution is 7.53. The van der Waals surface area contributed by atoms with Gasteiger partial charge >= 0.3 is 7.60 Å². The van der Waals surface area contributed by atoms with Crippen molar-refractivity contribution in [2.45, 2.75) is 33.9 Å². The van der Waals surface area contributed by atoms with Gasteiger partial charge in [0.1, 0.15) is 0 Å². The van der Waals surface area contributed by atoms with E-state index in [9.17, 15) is 4.57 Å². The first-order valence-electron chi connectivity index (χ1n) is 6.65. The Morgan fingerprint density at radius 1 is 1.16 bits per heavy atom. The molecule has 3 nitrogen and oxygen atoms in total. The molecule has 0 radical (unpaired) electrons. The van der Waals surface area contributed by atoms with Gasteiger partial charge in [0.05, 0.1) is 19.4 Å². The van der Waals surface area contributed by atoms with E-state index in [2.05, 4.69) is 13.0 Å². The summed E-state index contributed by atoms with van der Waals surface area (Å²) in [5.74, 6) is 0. The third-order valence-electron chi connectivity index (χ3n) is 2.87. The fraction of sp³-hybridized carbons (Fsp3) is 0.467. The molecule has 0 N–H and O–H groups in total. The van der Waals surface area contributed by atoms with Gasteiger partial charge in [0.25, 0.3) is 0 Å². The van der Waals surface area contributed by atoms with Crippen LogP contribution in [-0.2, 0) is 19.8 Å². The van der Waals surface area contributed by atoms with Crippen LogP contribution in [0.3, 0.4) is 0 Å². The van der Waals surface area contributed by atoms with Crippen molar-refractivity contribution in [3.63, 3.8) is 0 Å². The third-order valence-corrected chi connectivity index (χ3v) is 4.93. The first kappa shape index (κ1) is 16.2. The Kier molecular flexibility index (Phi) is 6.50. The molecule has 0 spiro atoms. The highest BCUT2D eigenvalue weighted by Crippen LogP contribution is 2.51. The standard InChI is InChI=1S/C15H23O3P/c1-5-13(4)15-10-8-14(9-11-15)12-19(16,17-6-2)18-7-3/h5,8-11H,6-7,12H2,1-4H3. The van der Waals surface area contributed by atoms with E-state index in [4.69, 9.17) is 9.05 Å². The van der Waals surface area contributed by atoms with Crippen molar-refractivity contribution in [2.75, 3.05) is 13.2 Å². The minimum absolute atomic E-state index is 0.323. The predicted octanol–water partition coefficient (Wildman–Crippen LogP) is 4.88. The molecule has 0 amide bonds. The predicted molar refractivity (Wildman–Crippen MR) is 80.3 cm³/mol. The first-order chi connectivity index (χ1) is 9.04. The minimum atomic E-state index is -3.00. The molecule has 1 rings (SSSR count). The smallest absolute Gasteiger partial charge is 0.309 e. The Labute approximate surface area is 116 Å². The van der Waals surface area contributed by atoms with E-state index in [0.717, 1.165) is 5.56 Å². The first-order valence-corrected chi connectivity index (χ1v) is 8.37. The molecule has 0 saturated carbocycles. The van der Waals surface area contributed by atoms with E-state index in [-0.39, 0.29) is 0 Å². The van der Waals surface area contributed by atoms with E-state index in [1.54, 1.807) is 0 Å². The van der Waals surface area contributed by atoms with E-state index in [0.29, 0.717) is 19.4 Å². The van der Waals surface area contributed by atoms with Gasteiger partial charge in [0.2, 0.25) is 0 Å². The van der Waals surface area contributed by atoms with Crippen molar-refractivity contribution < 1.29 is 13.6 Å². The molecule has 0 bridgehead atoms. The quantitative estimate of drug-likeness (QED) is 0.669. The fourth-order valence-electron chi connectivity index (χ4n) is 1.79. The molecule has 0 saturated heterocycles. The van der Waals surface area contributed by atoms with Crippen LogP contribution in [0.25, 0.3) is 5.57 Å². The molecule has 106 valence electrons. The highest BCUT2D eigenvalue weighted by Gasteiger charge is 2.23. The van der Waals surface area contributed by atoms with Crippen molar-refractivity contribution in [2.24, 2.45) is 0 Å².